The van der Waals surface area contributed by atoms with Crippen molar-refractivity contribution >= 4 is 29.0 Å². The predicted octanol–water partition coefficient (Wildman–Crippen LogP) is 3.49. The molecule has 1 saturated heterocycles. The molecule has 1 heterocycles. The van der Waals surface area contributed by atoms with Crippen LogP contribution in [0.15, 0.2) is 42.5 Å². The van der Waals surface area contributed by atoms with Gasteiger partial charge in [-0.1, -0.05) is 18.2 Å². The average Bonchev–Trinajstić information content (AvgIpc) is 2.84. The topological polar surface area (TPSA) is 46.3 Å². The molecular weight excluding hydrogens is 287 g/mol. The van der Waals surface area contributed by atoms with E-state index in [4.69, 9.17) is 5.73 Å². The first-order chi connectivity index (χ1) is 10.1. The highest BCUT2D eigenvalue weighted by Crippen LogP contribution is 2.42. The van der Waals surface area contributed by atoms with Crippen molar-refractivity contribution in [2.75, 3.05) is 16.4 Å². The Bertz CT molecular complexity index is 704. The number of nitrogen functional groups attached to an aromatic ring is 1. The number of rotatable bonds is 2. The molecule has 1 atom stereocenters. The van der Waals surface area contributed by atoms with E-state index in [1.54, 1.807) is 30.0 Å². The fourth-order valence-electron chi connectivity index (χ4n) is 2.39. The second-order valence-corrected chi connectivity index (χ2v) is 6.10. The summed E-state index contributed by atoms with van der Waals surface area (Å²) in [4.78, 5) is 13.8. The Kier molecular flexibility index (Phi) is 3.59. The molecule has 108 valence electrons. The number of thioether (sulfide) groups is 1. The first-order valence-corrected chi connectivity index (χ1v) is 7.66. The van der Waals surface area contributed by atoms with Crippen LogP contribution in [0.5, 0.6) is 0 Å². The quantitative estimate of drug-likeness (QED) is 0.864. The van der Waals surface area contributed by atoms with Gasteiger partial charge in [0, 0.05) is 11.4 Å². The minimum Gasteiger partial charge on any atom is -0.399 e. The van der Waals surface area contributed by atoms with Crippen molar-refractivity contribution in [3.8, 4) is 0 Å². The first-order valence-electron chi connectivity index (χ1n) is 6.61. The number of hydrogen-bond donors (Lipinski definition) is 1. The van der Waals surface area contributed by atoms with Crippen LogP contribution in [0.3, 0.4) is 0 Å². The van der Waals surface area contributed by atoms with Crippen molar-refractivity contribution in [1.82, 2.24) is 0 Å². The van der Waals surface area contributed by atoms with Gasteiger partial charge in [-0.3, -0.25) is 9.69 Å². The van der Waals surface area contributed by atoms with Crippen LogP contribution in [-0.2, 0) is 4.79 Å². The molecule has 0 saturated carbocycles. The molecule has 0 radical (unpaired) electrons. The molecule has 0 unspecified atom stereocenters. The lowest BCUT2D eigenvalue weighted by atomic mass is 10.1. The number of benzene rings is 2. The van der Waals surface area contributed by atoms with E-state index in [-0.39, 0.29) is 17.1 Å². The smallest absolute Gasteiger partial charge is 0.238 e. The maximum absolute atomic E-state index is 13.8. The van der Waals surface area contributed by atoms with Crippen LogP contribution >= 0.6 is 11.8 Å². The Hall–Kier alpha value is -2.01. The number of hydrogen-bond acceptors (Lipinski definition) is 3. The van der Waals surface area contributed by atoms with Crippen molar-refractivity contribution < 1.29 is 9.18 Å². The molecule has 0 aromatic heterocycles. The summed E-state index contributed by atoms with van der Waals surface area (Å²) < 4.78 is 13.8. The van der Waals surface area contributed by atoms with Gasteiger partial charge in [-0.2, -0.15) is 0 Å². The maximum Gasteiger partial charge on any atom is 0.238 e. The van der Waals surface area contributed by atoms with Crippen molar-refractivity contribution in [2.24, 2.45) is 0 Å². The molecular formula is C16H15FN2OS. The minimum absolute atomic E-state index is 0.0179. The highest BCUT2D eigenvalue weighted by Gasteiger charge is 2.34. The average molecular weight is 302 g/mol. The lowest BCUT2D eigenvalue weighted by Gasteiger charge is -2.24. The number of halogens is 1. The van der Waals surface area contributed by atoms with Gasteiger partial charge >= 0.3 is 0 Å². The van der Waals surface area contributed by atoms with Crippen LogP contribution in [0.1, 0.15) is 16.5 Å². The number of carbonyl (C=O) groups excluding carboxylic acids is 1. The van der Waals surface area contributed by atoms with E-state index < -0.39 is 0 Å². The zero-order chi connectivity index (χ0) is 15.0. The van der Waals surface area contributed by atoms with Crippen LogP contribution in [0.25, 0.3) is 0 Å². The van der Waals surface area contributed by atoms with E-state index in [9.17, 15) is 9.18 Å². The number of carbonyl (C=O) groups is 1. The van der Waals surface area contributed by atoms with Crippen molar-refractivity contribution in [3.63, 3.8) is 0 Å². The molecule has 1 amide bonds. The number of nitrogens with two attached hydrogens (primary N) is 1. The fourth-order valence-corrected chi connectivity index (χ4v) is 3.56. The van der Waals surface area contributed by atoms with Crippen LogP contribution in [0.2, 0.25) is 0 Å². The molecule has 1 aliphatic heterocycles. The summed E-state index contributed by atoms with van der Waals surface area (Å²) >= 11 is 1.52. The van der Waals surface area contributed by atoms with E-state index in [0.717, 1.165) is 5.56 Å². The highest BCUT2D eigenvalue weighted by molar-refractivity contribution is 8.00. The molecule has 5 heteroatoms. The Morgan fingerprint density at radius 1 is 1.29 bits per heavy atom. The van der Waals surface area contributed by atoms with Crippen LogP contribution in [0, 0.1) is 12.7 Å². The molecule has 0 aliphatic carbocycles. The third-order valence-corrected chi connectivity index (χ3v) is 4.71. The monoisotopic (exact) mass is 302 g/mol. The molecule has 1 aliphatic rings. The second-order valence-electron chi connectivity index (χ2n) is 5.03. The molecule has 1 fully saturated rings. The lowest BCUT2D eigenvalue weighted by Crippen LogP contribution is -2.28. The van der Waals surface area contributed by atoms with E-state index in [2.05, 4.69) is 0 Å². The number of amides is 1. The summed E-state index contributed by atoms with van der Waals surface area (Å²) in [6.45, 7) is 1.70. The van der Waals surface area contributed by atoms with Gasteiger partial charge in [0.2, 0.25) is 5.91 Å². The van der Waals surface area contributed by atoms with E-state index in [1.165, 1.54) is 17.8 Å². The molecule has 2 aromatic rings. The number of nitrogens with zero attached hydrogens (tertiary/aromatic N) is 1. The molecule has 2 aromatic carbocycles. The molecule has 21 heavy (non-hydrogen) atoms. The van der Waals surface area contributed by atoms with Gasteiger partial charge in [0.15, 0.2) is 0 Å². The van der Waals surface area contributed by atoms with Crippen LogP contribution in [-0.4, -0.2) is 11.7 Å². The van der Waals surface area contributed by atoms with Gasteiger partial charge in [-0.15, -0.1) is 11.8 Å². The molecule has 0 bridgehead atoms. The summed E-state index contributed by atoms with van der Waals surface area (Å²) in [5.74, 6) is 0.0637. The van der Waals surface area contributed by atoms with Gasteiger partial charge in [0.25, 0.3) is 0 Å². The second kappa shape index (κ2) is 5.41. The Labute approximate surface area is 126 Å². The largest absolute Gasteiger partial charge is 0.399 e. The Morgan fingerprint density at radius 2 is 2.10 bits per heavy atom. The summed E-state index contributed by atoms with van der Waals surface area (Å²) in [6, 6.07) is 12.3. The third-order valence-electron chi connectivity index (χ3n) is 3.50. The summed E-state index contributed by atoms with van der Waals surface area (Å²) in [6.07, 6.45) is 0. The molecule has 2 N–H and O–H groups in total. The summed E-state index contributed by atoms with van der Waals surface area (Å²) in [7, 11) is 0. The van der Waals surface area contributed by atoms with Crippen molar-refractivity contribution in [1.29, 1.82) is 0 Å². The van der Waals surface area contributed by atoms with Gasteiger partial charge < -0.3 is 5.73 Å². The van der Waals surface area contributed by atoms with Gasteiger partial charge in [0.1, 0.15) is 11.2 Å². The van der Waals surface area contributed by atoms with E-state index in [0.29, 0.717) is 22.7 Å². The zero-order valence-corrected chi connectivity index (χ0v) is 12.4. The van der Waals surface area contributed by atoms with E-state index in [1.807, 2.05) is 18.2 Å². The molecule has 0 spiro atoms. The first kappa shape index (κ1) is 13.9. The van der Waals surface area contributed by atoms with Gasteiger partial charge in [-0.05, 0) is 42.3 Å². The number of anilines is 2. The Morgan fingerprint density at radius 3 is 2.81 bits per heavy atom. The number of aryl methyl sites for hydroxylation is 1. The van der Waals surface area contributed by atoms with E-state index >= 15 is 0 Å². The normalized spacial score (nSPS) is 18.3. The SMILES string of the molecule is Cc1ccc(N2C(=O)CS[C@@H]2c2cccc(N)c2)cc1F. The zero-order valence-electron chi connectivity index (χ0n) is 11.5. The predicted molar refractivity (Wildman–Crippen MR) is 84.7 cm³/mol. The lowest BCUT2D eigenvalue weighted by molar-refractivity contribution is -0.115. The van der Waals surface area contributed by atoms with Crippen LogP contribution < -0.4 is 10.6 Å². The maximum atomic E-state index is 13.8. The molecule has 3 nitrogen and oxygen atoms in total. The van der Waals surface area contributed by atoms with Gasteiger partial charge in [-0.25, -0.2) is 4.39 Å². The van der Waals surface area contributed by atoms with Crippen molar-refractivity contribution in [3.05, 3.63) is 59.4 Å². The van der Waals surface area contributed by atoms with Crippen molar-refractivity contribution in [2.45, 2.75) is 12.3 Å². The van der Waals surface area contributed by atoms with Gasteiger partial charge in [0.05, 0.1) is 5.75 Å². The summed E-state index contributed by atoms with van der Waals surface area (Å²) in [5, 5.41) is -0.164. The fraction of sp³-hybridized carbons (Fsp3) is 0.188. The van der Waals surface area contributed by atoms with Crippen LogP contribution in [0.4, 0.5) is 15.8 Å². The molecule has 3 rings (SSSR count). The highest BCUT2D eigenvalue weighted by atomic mass is 32.2. The third kappa shape index (κ3) is 2.61. The Balaban J connectivity index is 2.01. The summed E-state index contributed by atoms with van der Waals surface area (Å²) in [5.41, 5.74) is 8.57. The standard InChI is InChI=1S/C16H15FN2OS/c1-10-5-6-13(8-14(10)17)19-15(20)9-21-16(19)11-3-2-4-12(18)7-11/h2-8,16H,9,18H2,1H3/t16-/m1/s1. The minimum atomic E-state index is -0.302.